The summed E-state index contributed by atoms with van der Waals surface area (Å²) in [4.78, 5) is 22.5. The molecule has 0 aromatic heterocycles. The van der Waals surface area contributed by atoms with Crippen molar-refractivity contribution >= 4 is 11.9 Å². The molecule has 8 nitrogen and oxygen atoms in total. The van der Waals surface area contributed by atoms with Crippen molar-refractivity contribution in [2.75, 3.05) is 26.9 Å². The molecule has 1 heterocycles. The van der Waals surface area contributed by atoms with Crippen molar-refractivity contribution < 1.29 is 38.0 Å². The number of hydrogen-bond donors (Lipinski definition) is 0. The summed E-state index contributed by atoms with van der Waals surface area (Å²) in [6.07, 6.45) is -3.36. The Hall–Kier alpha value is -1.22. The molecule has 0 bridgehead atoms. The monoisotopic (exact) mass is 334 g/mol. The summed E-state index contributed by atoms with van der Waals surface area (Å²) >= 11 is 0. The number of hydrogen-bond acceptors (Lipinski definition) is 8. The molecule has 0 saturated carbocycles. The second-order valence-electron chi connectivity index (χ2n) is 5.00. The van der Waals surface area contributed by atoms with Gasteiger partial charge in [-0.15, -0.1) is 0 Å². The van der Waals surface area contributed by atoms with Crippen LogP contribution in [0.15, 0.2) is 0 Å². The van der Waals surface area contributed by atoms with Gasteiger partial charge < -0.3 is 28.4 Å². The van der Waals surface area contributed by atoms with Crippen molar-refractivity contribution in [2.24, 2.45) is 0 Å². The zero-order valence-electron chi connectivity index (χ0n) is 14.3. The maximum absolute atomic E-state index is 11.4. The van der Waals surface area contributed by atoms with E-state index in [2.05, 4.69) is 0 Å². The molecule has 0 N–H and O–H groups in total. The molecule has 0 spiro atoms. The molecule has 134 valence electrons. The highest BCUT2D eigenvalue weighted by molar-refractivity contribution is 5.66. The lowest BCUT2D eigenvalue weighted by Gasteiger charge is -2.44. The Balaban J connectivity index is 3.00. The third-order valence-electron chi connectivity index (χ3n) is 3.31. The Morgan fingerprint density at radius 2 is 1.61 bits per heavy atom. The smallest absolute Gasteiger partial charge is 0.303 e. The van der Waals surface area contributed by atoms with Gasteiger partial charge in [0.2, 0.25) is 0 Å². The van der Waals surface area contributed by atoms with Crippen LogP contribution < -0.4 is 0 Å². The lowest BCUT2D eigenvalue weighted by molar-refractivity contribution is -0.312. The van der Waals surface area contributed by atoms with Gasteiger partial charge in [0.15, 0.2) is 12.4 Å². The van der Waals surface area contributed by atoms with Crippen molar-refractivity contribution in [2.45, 2.75) is 58.4 Å². The molecule has 0 amide bonds. The Labute approximate surface area is 136 Å². The number of ether oxygens (including phenoxy) is 6. The van der Waals surface area contributed by atoms with Crippen molar-refractivity contribution in [3.63, 3.8) is 0 Å². The largest absolute Gasteiger partial charge is 0.463 e. The first-order chi connectivity index (χ1) is 10.9. The van der Waals surface area contributed by atoms with Crippen molar-refractivity contribution in [3.8, 4) is 0 Å². The van der Waals surface area contributed by atoms with Crippen LogP contribution in [0.2, 0.25) is 0 Å². The maximum Gasteiger partial charge on any atom is 0.303 e. The quantitative estimate of drug-likeness (QED) is 0.598. The Bertz CT molecular complexity index is 386. The third kappa shape index (κ3) is 5.72. The van der Waals surface area contributed by atoms with Crippen LogP contribution >= 0.6 is 0 Å². The van der Waals surface area contributed by atoms with E-state index >= 15 is 0 Å². The number of methoxy groups -OCH3 is 1. The van der Waals surface area contributed by atoms with Gasteiger partial charge in [0.25, 0.3) is 0 Å². The van der Waals surface area contributed by atoms with E-state index in [1.807, 2.05) is 6.92 Å². The van der Waals surface area contributed by atoms with Gasteiger partial charge in [-0.3, -0.25) is 9.59 Å². The Morgan fingerprint density at radius 1 is 0.957 bits per heavy atom. The zero-order valence-corrected chi connectivity index (χ0v) is 14.3. The lowest BCUT2D eigenvalue weighted by Crippen LogP contribution is -2.62. The first kappa shape index (κ1) is 19.8. The average molecular weight is 334 g/mol. The highest BCUT2D eigenvalue weighted by Gasteiger charge is 2.49. The van der Waals surface area contributed by atoms with E-state index in [4.69, 9.17) is 28.4 Å². The third-order valence-corrected chi connectivity index (χ3v) is 3.31. The Morgan fingerprint density at radius 3 is 2.09 bits per heavy atom. The van der Waals surface area contributed by atoms with Gasteiger partial charge >= 0.3 is 11.9 Å². The number of carbonyl (C=O) groups is 2. The van der Waals surface area contributed by atoms with E-state index in [-0.39, 0.29) is 6.61 Å². The summed E-state index contributed by atoms with van der Waals surface area (Å²) in [5.74, 6) is -0.896. The minimum absolute atomic E-state index is 0.00617. The molecule has 1 rings (SSSR count). The maximum atomic E-state index is 11.4. The molecule has 0 aromatic carbocycles. The SMILES string of the molecule is CCOC1OC(COC(C)=O)C(OC)C(OCC)C1OC(C)=O. The second-order valence-corrected chi connectivity index (χ2v) is 5.00. The molecular formula is C15H26O8. The summed E-state index contributed by atoms with van der Waals surface area (Å²) in [5, 5.41) is 0. The summed E-state index contributed by atoms with van der Waals surface area (Å²) < 4.78 is 32.8. The first-order valence-electron chi connectivity index (χ1n) is 7.66. The van der Waals surface area contributed by atoms with Crippen LogP contribution in [0.25, 0.3) is 0 Å². The van der Waals surface area contributed by atoms with E-state index in [0.717, 1.165) is 0 Å². The van der Waals surface area contributed by atoms with Crippen LogP contribution in [0.5, 0.6) is 0 Å². The Kier molecular flexibility index (Phi) is 8.46. The molecule has 0 aliphatic carbocycles. The van der Waals surface area contributed by atoms with E-state index in [1.165, 1.54) is 21.0 Å². The van der Waals surface area contributed by atoms with Crippen LogP contribution in [0.1, 0.15) is 27.7 Å². The number of rotatable bonds is 8. The highest BCUT2D eigenvalue weighted by atomic mass is 16.7. The van der Waals surface area contributed by atoms with Crippen LogP contribution in [0.3, 0.4) is 0 Å². The highest BCUT2D eigenvalue weighted by Crippen LogP contribution is 2.29. The predicted octanol–water partition coefficient (Wildman–Crippen LogP) is 0.663. The molecule has 1 aliphatic heterocycles. The molecule has 8 heteroatoms. The topological polar surface area (TPSA) is 89.5 Å². The molecule has 0 radical (unpaired) electrons. The lowest BCUT2D eigenvalue weighted by atomic mass is 9.98. The van der Waals surface area contributed by atoms with Gasteiger partial charge in [-0.25, -0.2) is 0 Å². The fourth-order valence-electron chi connectivity index (χ4n) is 2.49. The van der Waals surface area contributed by atoms with Crippen molar-refractivity contribution in [3.05, 3.63) is 0 Å². The van der Waals surface area contributed by atoms with Gasteiger partial charge in [0, 0.05) is 34.2 Å². The summed E-state index contributed by atoms with van der Waals surface area (Å²) in [6, 6.07) is 0. The summed E-state index contributed by atoms with van der Waals surface area (Å²) in [5.41, 5.74) is 0. The zero-order chi connectivity index (χ0) is 17.4. The molecule has 5 atom stereocenters. The van der Waals surface area contributed by atoms with Crippen LogP contribution in [-0.4, -0.2) is 69.6 Å². The van der Waals surface area contributed by atoms with E-state index in [0.29, 0.717) is 13.2 Å². The standard InChI is InChI=1S/C15H26O8/c1-6-19-13-12(18-5)11(8-21-9(3)16)23-15(20-7-2)14(13)22-10(4)17/h11-15H,6-8H2,1-5H3. The van der Waals surface area contributed by atoms with Crippen LogP contribution in [0.4, 0.5) is 0 Å². The van der Waals surface area contributed by atoms with Gasteiger partial charge in [-0.05, 0) is 13.8 Å². The average Bonchev–Trinajstić information content (AvgIpc) is 2.48. The predicted molar refractivity (Wildman–Crippen MR) is 78.7 cm³/mol. The van der Waals surface area contributed by atoms with E-state index in [1.54, 1.807) is 6.92 Å². The second kappa shape index (κ2) is 9.82. The number of esters is 2. The van der Waals surface area contributed by atoms with Gasteiger partial charge in [0.05, 0.1) is 0 Å². The molecule has 1 saturated heterocycles. The van der Waals surface area contributed by atoms with Crippen LogP contribution in [0, 0.1) is 0 Å². The van der Waals surface area contributed by atoms with E-state index in [9.17, 15) is 9.59 Å². The molecule has 1 fully saturated rings. The van der Waals surface area contributed by atoms with Crippen molar-refractivity contribution in [1.29, 1.82) is 0 Å². The normalized spacial score (nSPS) is 30.7. The molecular weight excluding hydrogens is 308 g/mol. The molecule has 5 unspecified atom stereocenters. The van der Waals surface area contributed by atoms with Crippen LogP contribution in [-0.2, 0) is 38.0 Å². The molecule has 23 heavy (non-hydrogen) atoms. The fourth-order valence-corrected chi connectivity index (χ4v) is 2.49. The van der Waals surface area contributed by atoms with Crippen molar-refractivity contribution in [1.82, 2.24) is 0 Å². The first-order valence-corrected chi connectivity index (χ1v) is 7.66. The molecule has 0 aromatic rings. The summed E-state index contributed by atoms with van der Waals surface area (Å²) in [7, 11) is 1.49. The molecule has 1 aliphatic rings. The fraction of sp³-hybridized carbons (Fsp3) is 0.867. The number of carbonyl (C=O) groups excluding carboxylic acids is 2. The van der Waals surface area contributed by atoms with E-state index < -0.39 is 42.6 Å². The van der Waals surface area contributed by atoms with Gasteiger partial charge in [0.1, 0.15) is 24.9 Å². The van der Waals surface area contributed by atoms with Gasteiger partial charge in [-0.1, -0.05) is 0 Å². The van der Waals surface area contributed by atoms with Gasteiger partial charge in [-0.2, -0.15) is 0 Å². The minimum Gasteiger partial charge on any atom is -0.463 e. The summed E-state index contributed by atoms with van der Waals surface area (Å²) in [6.45, 7) is 6.98. The minimum atomic E-state index is -0.826.